The largest absolute Gasteiger partial charge is 0.459 e. The molecule has 0 radical (unpaired) electrons. The molecule has 4 aromatic carbocycles. The lowest BCUT2D eigenvalue weighted by Gasteiger charge is -2.31. The summed E-state index contributed by atoms with van der Waals surface area (Å²) >= 11 is 0. The van der Waals surface area contributed by atoms with Gasteiger partial charge < -0.3 is 15.2 Å². The first-order chi connectivity index (χ1) is 25.2. The van der Waals surface area contributed by atoms with Gasteiger partial charge in [-0.1, -0.05) is 110 Å². The molecule has 0 aliphatic carbocycles. The summed E-state index contributed by atoms with van der Waals surface area (Å²) in [5, 5.41) is 0. The molecule has 280 valence electrons. The Morgan fingerprint density at radius 2 is 1.02 bits per heavy atom. The van der Waals surface area contributed by atoms with Gasteiger partial charge in [0.2, 0.25) is 5.91 Å². The van der Waals surface area contributed by atoms with Gasteiger partial charge in [0.05, 0.1) is 17.7 Å². The van der Waals surface area contributed by atoms with E-state index in [1.54, 1.807) is 67.6 Å². The van der Waals surface area contributed by atoms with Gasteiger partial charge in [0.25, 0.3) is 0 Å². The fraction of sp³-hybridized carbons (Fsp3) is 0.238. The molecule has 0 saturated carbocycles. The lowest BCUT2D eigenvalue weighted by molar-refractivity contribution is -0.410. The van der Waals surface area contributed by atoms with Crippen molar-refractivity contribution in [2.45, 2.75) is 51.9 Å². The van der Waals surface area contributed by atoms with Crippen molar-refractivity contribution in [2.75, 3.05) is 13.2 Å². The van der Waals surface area contributed by atoms with E-state index in [0.717, 1.165) is 17.2 Å². The summed E-state index contributed by atoms with van der Waals surface area (Å²) in [7, 11) is 0. The second kappa shape index (κ2) is 22.1. The van der Waals surface area contributed by atoms with Gasteiger partial charge in [-0.3, -0.25) is 4.79 Å². The zero-order valence-corrected chi connectivity index (χ0v) is 30.7. The van der Waals surface area contributed by atoms with Crippen molar-refractivity contribution in [3.05, 3.63) is 168 Å². The Hall–Kier alpha value is -5.88. The minimum absolute atomic E-state index is 0.142. The van der Waals surface area contributed by atoms with E-state index in [9.17, 15) is 19.2 Å². The number of nitrogens with two attached hydrogens (primary N) is 1. The van der Waals surface area contributed by atoms with Gasteiger partial charge in [-0.2, -0.15) is 0 Å². The molecule has 1 saturated heterocycles. The fourth-order valence-corrected chi connectivity index (χ4v) is 3.76. The van der Waals surface area contributed by atoms with Crippen LogP contribution in [0, 0.1) is 0 Å². The van der Waals surface area contributed by atoms with Crippen LogP contribution in [0.3, 0.4) is 0 Å². The standard InChI is InChI=1S/C18H22O2.C14H10O4.C7H10O3.C3H5NO/c1-17(2,15-11-7-5-8-12-15)19-20-18(3,4)16-13-9-6-10-14-16;15-13(11-7-3-1-4-8-11)17-18-14(16)12-9-5-2-6-10-12;1-5(2)7(8)10-4-6-3-9-6;1-2-3(4)5/h5-14H,1-4H3;1-10H;6H,1,3-4H2,2H3;2H,1H2,(H2,4,5). The van der Waals surface area contributed by atoms with E-state index in [4.69, 9.17) is 19.2 Å². The highest BCUT2D eigenvalue weighted by Crippen LogP contribution is 2.31. The van der Waals surface area contributed by atoms with Crippen LogP contribution in [0.25, 0.3) is 0 Å². The lowest BCUT2D eigenvalue weighted by atomic mass is 9.98. The smallest absolute Gasteiger partial charge is 0.386 e. The van der Waals surface area contributed by atoms with Gasteiger partial charge in [0, 0.05) is 5.57 Å². The Labute approximate surface area is 310 Å². The molecule has 11 nitrogen and oxygen atoms in total. The summed E-state index contributed by atoms with van der Waals surface area (Å²) in [5.41, 5.74) is 6.79. The normalized spacial score (nSPS) is 12.7. The Balaban J connectivity index is 0.000000269. The number of primary amides is 1. The molecule has 11 heteroatoms. The molecular formula is C42H47NO10. The number of ether oxygens (including phenoxy) is 2. The second-order valence-corrected chi connectivity index (χ2v) is 12.3. The van der Waals surface area contributed by atoms with E-state index in [-0.39, 0.29) is 12.1 Å². The average Bonchev–Trinajstić information content (AvgIpc) is 4.02. The van der Waals surface area contributed by atoms with Crippen LogP contribution in [0.15, 0.2) is 146 Å². The molecule has 53 heavy (non-hydrogen) atoms. The van der Waals surface area contributed by atoms with Crippen molar-refractivity contribution in [1.82, 2.24) is 0 Å². The number of hydrogen-bond donors (Lipinski definition) is 1. The summed E-state index contributed by atoms with van der Waals surface area (Å²) in [5.74, 6) is -2.24. The summed E-state index contributed by atoms with van der Waals surface area (Å²) in [4.78, 5) is 63.5. The van der Waals surface area contributed by atoms with Crippen LogP contribution in [-0.2, 0) is 49.8 Å². The molecule has 2 N–H and O–H groups in total. The number of amides is 1. The maximum atomic E-state index is 11.5. The van der Waals surface area contributed by atoms with E-state index in [1.165, 1.54) is 0 Å². The zero-order valence-electron chi connectivity index (χ0n) is 30.7. The van der Waals surface area contributed by atoms with Crippen LogP contribution in [-0.4, -0.2) is 43.1 Å². The highest BCUT2D eigenvalue weighted by molar-refractivity contribution is 5.92. The SMILES string of the molecule is C=C(C)C(=O)OCC1CO1.C=CC(N)=O.CC(C)(OOC(C)(C)c1ccccc1)c1ccccc1.O=C(OOC(=O)c1ccccc1)c1ccccc1. The van der Waals surface area contributed by atoms with E-state index in [0.29, 0.717) is 29.9 Å². The molecule has 1 fully saturated rings. The lowest BCUT2D eigenvalue weighted by Crippen LogP contribution is -2.29. The fourth-order valence-electron chi connectivity index (χ4n) is 3.76. The third-order valence-corrected chi connectivity index (χ3v) is 6.96. The molecule has 0 spiro atoms. The first-order valence-corrected chi connectivity index (χ1v) is 16.5. The van der Waals surface area contributed by atoms with E-state index in [1.807, 2.05) is 88.4 Å². The first-order valence-electron chi connectivity index (χ1n) is 16.5. The average molecular weight is 726 g/mol. The van der Waals surface area contributed by atoms with Gasteiger partial charge in [0.1, 0.15) is 23.9 Å². The summed E-state index contributed by atoms with van der Waals surface area (Å²) in [6, 6.07) is 36.7. The Morgan fingerprint density at radius 1 is 0.698 bits per heavy atom. The van der Waals surface area contributed by atoms with Gasteiger partial charge in [-0.15, -0.1) is 0 Å². The second-order valence-electron chi connectivity index (χ2n) is 12.3. The summed E-state index contributed by atoms with van der Waals surface area (Å²) < 4.78 is 9.60. The van der Waals surface area contributed by atoms with Crippen LogP contribution >= 0.6 is 0 Å². The van der Waals surface area contributed by atoms with Crippen LogP contribution in [0.1, 0.15) is 66.5 Å². The highest BCUT2D eigenvalue weighted by atomic mass is 17.2. The van der Waals surface area contributed by atoms with Crippen LogP contribution in [0.2, 0.25) is 0 Å². The first kappa shape index (κ1) is 43.3. The van der Waals surface area contributed by atoms with Crippen molar-refractivity contribution in [2.24, 2.45) is 5.73 Å². The third kappa shape index (κ3) is 17.3. The zero-order chi connectivity index (χ0) is 39.3. The van der Waals surface area contributed by atoms with E-state index < -0.39 is 29.0 Å². The quantitative estimate of drug-likeness (QED) is 0.0538. The molecule has 1 aliphatic heterocycles. The Morgan fingerprint density at radius 3 is 1.30 bits per heavy atom. The third-order valence-electron chi connectivity index (χ3n) is 6.96. The van der Waals surface area contributed by atoms with Crippen molar-refractivity contribution in [3.8, 4) is 0 Å². The van der Waals surface area contributed by atoms with E-state index >= 15 is 0 Å². The molecule has 1 aliphatic rings. The van der Waals surface area contributed by atoms with Gasteiger partial charge >= 0.3 is 17.9 Å². The molecular weight excluding hydrogens is 678 g/mol. The molecule has 1 unspecified atom stereocenters. The van der Waals surface area contributed by atoms with Crippen LogP contribution in [0.4, 0.5) is 0 Å². The number of esters is 1. The predicted molar refractivity (Wildman–Crippen MR) is 200 cm³/mol. The number of hydrogen-bond acceptors (Lipinski definition) is 10. The van der Waals surface area contributed by atoms with Crippen molar-refractivity contribution in [1.29, 1.82) is 0 Å². The van der Waals surface area contributed by atoms with Gasteiger partial charge in [-0.05, 0) is 76.1 Å². The molecule has 1 atom stereocenters. The molecule has 0 bridgehead atoms. The molecule has 4 aromatic rings. The maximum Gasteiger partial charge on any atom is 0.386 e. The molecule has 1 heterocycles. The van der Waals surface area contributed by atoms with Crippen LogP contribution in [0.5, 0.6) is 0 Å². The number of carbonyl (C=O) groups excluding carboxylic acids is 4. The van der Waals surface area contributed by atoms with Crippen LogP contribution < -0.4 is 5.73 Å². The molecule has 0 aromatic heterocycles. The summed E-state index contributed by atoms with van der Waals surface area (Å²) in [6.45, 7) is 17.2. The van der Waals surface area contributed by atoms with Crippen molar-refractivity contribution >= 4 is 23.8 Å². The number of benzene rings is 4. The molecule has 5 rings (SSSR count). The predicted octanol–water partition coefficient (Wildman–Crippen LogP) is 7.58. The number of epoxide rings is 1. The minimum Gasteiger partial charge on any atom is -0.459 e. The van der Waals surface area contributed by atoms with Gasteiger partial charge in [0.15, 0.2) is 0 Å². The Kier molecular flexibility index (Phi) is 18.1. The monoisotopic (exact) mass is 725 g/mol. The topological polar surface area (TPSA) is 153 Å². The maximum absolute atomic E-state index is 11.5. The highest BCUT2D eigenvalue weighted by Gasteiger charge is 2.29. The van der Waals surface area contributed by atoms with Gasteiger partial charge in [-0.25, -0.2) is 33.9 Å². The minimum atomic E-state index is -0.708. The van der Waals surface area contributed by atoms with E-state index in [2.05, 4.69) is 28.7 Å². The Bertz CT molecular complexity index is 1640. The molecule has 1 amide bonds. The van der Waals surface area contributed by atoms with Crippen molar-refractivity contribution < 1.29 is 48.2 Å². The number of rotatable bonds is 11. The number of carbonyl (C=O) groups is 4. The van der Waals surface area contributed by atoms with Crippen molar-refractivity contribution in [3.63, 3.8) is 0 Å². The summed E-state index contributed by atoms with van der Waals surface area (Å²) in [6.07, 6.45) is 1.20.